The Morgan fingerprint density at radius 3 is 2.30 bits per heavy atom. The van der Waals surface area contributed by atoms with E-state index >= 15 is 0 Å². The van der Waals surface area contributed by atoms with E-state index in [0.29, 0.717) is 17.4 Å². The maximum atomic E-state index is 14.0. The lowest BCUT2D eigenvalue weighted by atomic mass is 10.0. The normalized spacial score (nSPS) is 14.4. The summed E-state index contributed by atoms with van der Waals surface area (Å²) >= 11 is 0. The van der Waals surface area contributed by atoms with Gasteiger partial charge in [0.05, 0.1) is 23.3 Å². The molecule has 0 spiro atoms. The van der Waals surface area contributed by atoms with E-state index in [-0.39, 0.29) is 24.5 Å². The van der Waals surface area contributed by atoms with Gasteiger partial charge in [0.15, 0.2) is 0 Å². The molecule has 37 heavy (non-hydrogen) atoms. The van der Waals surface area contributed by atoms with Crippen molar-refractivity contribution in [3.8, 4) is 5.69 Å². The number of carbonyl (C=O) groups excluding carboxylic acids is 2. The Labute approximate surface area is 217 Å². The molecule has 1 aliphatic heterocycles. The minimum Gasteiger partial charge on any atom is -0.467 e. The highest BCUT2D eigenvalue weighted by atomic mass is 16.3. The van der Waals surface area contributed by atoms with Gasteiger partial charge in [0.25, 0.3) is 0 Å². The molecule has 1 atom stereocenters. The molecule has 1 unspecified atom stereocenters. The number of furan rings is 1. The highest BCUT2D eigenvalue weighted by molar-refractivity contribution is 6.01. The van der Waals surface area contributed by atoms with Crippen LogP contribution in [-0.2, 0) is 4.79 Å². The standard InChI is InChI=1S/C30H32N4O3/c1-20(2)22-13-15-23(16-14-22)31-30(36)33(21(3)4)19-28(35)34-25-10-6-5-9-24(25)32-17-7-11-26(32)29(34)27-12-8-18-37-27/h5-18,20-21,29H,19H2,1-4H3,(H,31,36). The molecule has 3 amide bonds. The fourth-order valence-electron chi connectivity index (χ4n) is 4.83. The van der Waals surface area contributed by atoms with Crippen LogP contribution in [-0.4, -0.2) is 34.0 Å². The van der Waals surface area contributed by atoms with E-state index in [1.807, 2.05) is 92.8 Å². The van der Waals surface area contributed by atoms with Gasteiger partial charge in [-0.15, -0.1) is 0 Å². The van der Waals surface area contributed by atoms with Gasteiger partial charge in [-0.2, -0.15) is 0 Å². The Morgan fingerprint density at radius 1 is 0.919 bits per heavy atom. The summed E-state index contributed by atoms with van der Waals surface area (Å²) in [4.78, 5) is 30.7. The molecule has 0 saturated carbocycles. The molecule has 5 rings (SSSR count). The van der Waals surface area contributed by atoms with E-state index in [1.54, 1.807) is 16.1 Å². The van der Waals surface area contributed by atoms with Crippen molar-refractivity contribution in [1.82, 2.24) is 9.47 Å². The van der Waals surface area contributed by atoms with Crippen molar-refractivity contribution in [3.05, 3.63) is 102 Å². The lowest BCUT2D eigenvalue weighted by Gasteiger charge is -2.38. The van der Waals surface area contributed by atoms with Crippen molar-refractivity contribution in [3.63, 3.8) is 0 Å². The van der Waals surface area contributed by atoms with Crippen molar-refractivity contribution in [1.29, 1.82) is 0 Å². The molecule has 7 heteroatoms. The summed E-state index contributed by atoms with van der Waals surface area (Å²) in [6, 6.07) is 22.3. The van der Waals surface area contributed by atoms with Crippen LogP contribution in [0.2, 0.25) is 0 Å². The van der Waals surface area contributed by atoms with Gasteiger partial charge in [0.2, 0.25) is 5.91 Å². The van der Waals surface area contributed by atoms with E-state index < -0.39 is 6.04 Å². The summed E-state index contributed by atoms with van der Waals surface area (Å²) in [7, 11) is 0. The zero-order chi connectivity index (χ0) is 26.1. The summed E-state index contributed by atoms with van der Waals surface area (Å²) in [6.07, 6.45) is 3.61. The Hall–Kier alpha value is -4.26. The van der Waals surface area contributed by atoms with E-state index in [2.05, 4.69) is 23.7 Å². The number of amides is 3. The second-order valence-corrected chi connectivity index (χ2v) is 9.90. The first-order chi connectivity index (χ1) is 17.8. The van der Waals surface area contributed by atoms with E-state index in [0.717, 1.165) is 17.1 Å². The fraction of sp³-hybridized carbons (Fsp3) is 0.267. The van der Waals surface area contributed by atoms with Crippen molar-refractivity contribution >= 4 is 23.3 Å². The van der Waals surface area contributed by atoms with Crippen LogP contribution in [0.1, 0.15) is 56.7 Å². The molecule has 2 aromatic carbocycles. The van der Waals surface area contributed by atoms with Crippen LogP contribution in [0.25, 0.3) is 5.69 Å². The van der Waals surface area contributed by atoms with Gasteiger partial charge in [-0.3, -0.25) is 9.69 Å². The monoisotopic (exact) mass is 496 g/mol. The van der Waals surface area contributed by atoms with Crippen LogP contribution < -0.4 is 10.2 Å². The van der Waals surface area contributed by atoms with Crippen LogP contribution in [0.15, 0.2) is 89.7 Å². The smallest absolute Gasteiger partial charge is 0.322 e. The number of rotatable bonds is 6. The van der Waals surface area contributed by atoms with Crippen molar-refractivity contribution in [2.45, 2.75) is 45.7 Å². The quantitative estimate of drug-likeness (QED) is 0.328. The number of benzene rings is 2. The zero-order valence-electron chi connectivity index (χ0n) is 21.6. The average Bonchev–Trinajstić information content (AvgIpc) is 3.59. The Balaban J connectivity index is 1.44. The molecule has 2 aromatic heterocycles. The number of hydrogen-bond acceptors (Lipinski definition) is 3. The molecule has 7 nitrogen and oxygen atoms in total. The molecular formula is C30H32N4O3. The van der Waals surface area contributed by atoms with Crippen molar-refractivity contribution in [2.24, 2.45) is 0 Å². The van der Waals surface area contributed by atoms with Crippen LogP contribution in [0.4, 0.5) is 16.2 Å². The highest BCUT2D eigenvalue weighted by Gasteiger charge is 2.38. The molecule has 0 bridgehead atoms. The molecule has 1 aliphatic rings. The Morgan fingerprint density at radius 2 is 1.65 bits per heavy atom. The number of anilines is 2. The summed E-state index contributed by atoms with van der Waals surface area (Å²) < 4.78 is 7.88. The predicted molar refractivity (Wildman–Crippen MR) is 145 cm³/mol. The number of carbonyl (C=O) groups is 2. The minimum atomic E-state index is -0.451. The molecular weight excluding hydrogens is 464 g/mol. The summed E-state index contributed by atoms with van der Waals surface area (Å²) in [6.45, 7) is 8.00. The number of nitrogens with one attached hydrogen (secondary N) is 1. The van der Waals surface area contributed by atoms with Gasteiger partial charge in [-0.05, 0) is 73.9 Å². The summed E-state index contributed by atoms with van der Waals surface area (Å²) in [5.41, 5.74) is 4.50. The largest absolute Gasteiger partial charge is 0.467 e. The zero-order valence-corrected chi connectivity index (χ0v) is 21.6. The number of para-hydroxylation sites is 2. The molecule has 1 N–H and O–H groups in total. The first kappa shape index (κ1) is 24.4. The number of urea groups is 1. The molecule has 0 aliphatic carbocycles. The van der Waals surface area contributed by atoms with Gasteiger partial charge in [-0.25, -0.2) is 4.79 Å². The van der Waals surface area contributed by atoms with Gasteiger partial charge in [0.1, 0.15) is 18.3 Å². The highest BCUT2D eigenvalue weighted by Crippen LogP contribution is 2.42. The maximum absolute atomic E-state index is 14.0. The second kappa shape index (κ2) is 10.0. The minimum absolute atomic E-state index is 0.0835. The average molecular weight is 497 g/mol. The van der Waals surface area contributed by atoms with Crippen LogP contribution in [0.3, 0.4) is 0 Å². The third-order valence-electron chi connectivity index (χ3n) is 6.82. The topological polar surface area (TPSA) is 70.7 Å². The van der Waals surface area contributed by atoms with Gasteiger partial charge in [-0.1, -0.05) is 38.1 Å². The molecule has 0 saturated heterocycles. The second-order valence-electron chi connectivity index (χ2n) is 9.90. The Kier molecular flexibility index (Phi) is 6.61. The lowest BCUT2D eigenvalue weighted by molar-refractivity contribution is -0.120. The van der Waals surface area contributed by atoms with Gasteiger partial charge >= 0.3 is 6.03 Å². The van der Waals surface area contributed by atoms with Crippen LogP contribution in [0.5, 0.6) is 0 Å². The number of aromatic nitrogens is 1. The predicted octanol–water partition coefficient (Wildman–Crippen LogP) is 6.57. The van der Waals surface area contributed by atoms with Crippen molar-refractivity contribution < 1.29 is 14.0 Å². The van der Waals surface area contributed by atoms with E-state index in [1.165, 1.54) is 5.56 Å². The molecule has 190 valence electrons. The lowest BCUT2D eigenvalue weighted by Crippen LogP contribution is -2.49. The fourth-order valence-corrected chi connectivity index (χ4v) is 4.83. The molecule has 0 radical (unpaired) electrons. The Bertz CT molecular complexity index is 1390. The number of hydrogen-bond donors (Lipinski definition) is 1. The molecule has 3 heterocycles. The van der Waals surface area contributed by atoms with Crippen LogP contribution >= 0.6 is 0 Å². The maximum Gasteiger partial charge on any atom is 0.322 e. The van der Waals surface area contributed by atoms with E-state index in [9.17, 15) is 9.59 Å². The SMILES string of the molecule is CC(C)c1ccc(NC(=O)N(CC(=O)N2c3ccccc3-n3cccc3C2c2ccco2)C(C)C)cc1. The third kappa shape index (κ3) is 4.65. The van der Waals surface area contributed by atoms with Gasteiger partial charge in [0, 0.05) is 17.9 Å². The first-order valence-corrected chi connectivity index (χ1v) is 12.6. The third-order valence-corrected chi connectivity index (χ3v) is 6.82. The van der Waals surface area contributed by atoms with Crippen LogP contribution in [0, 0.1) is 0 Å². The number of nitrogens with zero attached hydrogens (tertiary/aromatic N) is 3. The summed E-state index contributed by atoms with van der Waals surface area (Å²) in [5.74, 6) is 0.874. The molecule has 4 aromatic rings. The van der Waals surface area contributed by atoms with Gasteiger partial charge < -0.3 is 19.2 Å². The van der Waals surface area contributed by atoms with Crippen molar-refractivity contribution in [2.75, 3.05) is 16.8 Å². The molecule has 0 fully saturated rings. The first-order valence-electron chi connectivity index (χ1n) is 12.6. The number of fused-ring (bicyclic) bond motifs is 3. The van der Waals surface area contributed by atoms with E-state index in [4.69, 9.17) is 4.42 Å². The summed E-state index contributed by atoms with van der Waals surface area (Å²) in [5, 5.41) is 2.96.